The van der Waals surface area contributed by atoms with Crippen LogP contribution in [0.5, 0.6) is 0 Å². The summed E-state index contributed by atoms with van der Waals surface area (Å²) in [5, 5.41) is 5.01. The Labute approximate surface area is 130 Å². The van der Waals surface area contributed by atoms with E-state index in [2.05, 4.69) is 5.32 Å². The van der Waals surface area contributed by atoms with E-state index in [-0.39, 0.29) is 0 Å². The topological polar surface area (TPSA) is 49.4 Å². The average Bonchev–Trinajstić information content (AvgIpc) is 2.95. The van der Waals surface area contributed by atoms with Crippen molar-refractivity contribution in [2.24, 2.45) is 0 Å². The molecule has 0 fully saturated rings. The summed E-state index contributed by atoms with van der Waals surface area (Å²) < 4.78 is 26.8. The minimum absolute atomic E-state index is 0.375. The van der Waals surface area contributed by atoms with E-state index >= 15 is 0 Å². The van der Waals surface area contributed by atoms with Crippen LogP contribution >= 0.6 is 11.3 Å². The number of sulfonamides is 1. The lowest BCUT2D eigenvalue weighted by molar-refractivity contribution is 0.466. The van der Waals surface area contributed by atoms with Gasteiger partial charge >= 0.3 is 0 Å². The van der Waals surface area contributed by atoms with Crippen molar-refractivity contribution >= 4 is 21.4 Å². The molecule has 0 aliphatic heterocycles. The maximum atomic E-state index is 12.7. The van der Waals surface area contributed by atoms with Gasteiger partial charge in [0, 0.05) is 25.0 Å². The normalized spacial score (nSPS) is 12.0. The van der Waals surface area contributed by atoms with Crippen LogP contribution in [-0.2, 0) is 23.1 Å². The number of nitrogens with one attached hydrogen (secondary N) is 1. The Kier molecular flexibility index (Phi) is 5.52. The van der Waals surface area contributed by atoms with Crippen LogP contribution < -0.4 is 5.32 Å². The van der Waals surface area contributed by atoms with Crippen LogP contribution in [-0.4, -0.2) is 26.3 Å². The predicted molar refractivity (Wildman–Crippen MR) is 86.8 cm³/mol. The summed E-state index contributed by atoms with van der Waals surface area (Å²) in [4.78, 5) is 1.27. The number of rotatable bonds is 7. The molecule has 0 aliphatic carbocycles. The van der Waals surface area contributed by atoms with E-state index in [0.717, 1.165) is 17.0 Å². The predicted octanol–water partition coefficient (Wildman–Crippen LogP) is 2.68. The van der Waals surface area contributed by atoms with Crippen molar-refractivity contribution in [1.29, 1.82) is 0 Å². The first-order chi connectivity index (χ1) is 10.1. The lowest BCUT2D eigenvalue weighted by atomic mass is 10.2. The minimum Gasteiger partial charge on any atom is -0.312 e. The Bertz CT molecular complexity index is 666. The van der Waals surface area contributed by atoms with Crippen molar-refractivity contribution in [3.63, 3.8) is 0 Å². The molecule has 6 heteroatoms. The molecular weight excluding hydrogens is 304 g/mol. The number of thiophene rings is 1. The van der Waals surface area contributed by atoms with Crippen LogP contribution in [0.25, 0.3) is 0 Å². The molecular formula is C15H20N2O2S2. The summed E-state index contributed by atoms with van der Waals surface area (Å²) >= 11 is 1.47. The van der Waals surface area contributed by atoms with E-state index in [0.29, 0.717) is 18.0 Å². The fourth-order valence-electron chi connectivity index (χ4n) is 2.02. The van der Waals surface area contributed by atoms with Crippen molar-refractivity contribution in [3.05, 3.63) is 52.2 Å². The van der Waals surface area contributed by atoms with E-state index in [4.69, 9.17) is 0 Å². The Morgan fingerprint density at radius 3 is 2.57 bits per heavy atom. The molecule has 0 bridgehead atoms. The molecule has 4 nitrogen and oxygen atoms in total. The molecule has 0 saturated heterocycles. The van der Waals surface area contributed by atoms with Gasteiger partial charge in [0.05, 0.1) is 4.90 Å². The molecule has 21 heavy (non-hydrogen) atoms. The van der Waals surface area contributed by atoms with Gasteiger partial charge in [0.25, 0.3) is 0 Å². The number of hydrogen-bond acceptors (Lipinski definition) is 4. The van der Waals surface area contributed by atoms with Crippen molar-refractivity contribution in [3.8, 4) is 0 Å². The standard InChI is InChI=1S/C15H20N2O2S2/c1-3-16-11-14-15(9-10-20-14)21(18,19)17(2)12-13-7-5-4-6-8-13/h4-10,16H,3,11-12H2,1-2H3. The Morgan fingerprint density at radius 1 is 1.19 bits per heavy atom. The lowest BCUT2D eigenvalue weighted by Gasteiger charge is -2.17. The van der Waals surface area contributed by atoms with Gasteiger partial charge in [0.2, 0.25) is 10.0 Å². The van der Waals surface area contributed by atoms with Crippen molar-refractivity contribution < 1.29 is 8.42 Å². The molecule has 0 unspecified atom stereocenters. The summed E-state index contributed by atoms with van der Waals surface area (Å²) in [7, 11) is -1.83. The largest absolute Gasteiger partial charge is 0.312 e. The van der Waals surface area contributed by atoms with E-state index in [1.807, 2.05) is 42.6 Å². The monoisotopic (exact) mass is 324 g/mol. The Balaban J connectivity index is 2.19. The van der Waals surface area contributed by atoms with Crippen LogP contribution in [0.2, 0.25) is 0 Å². The molecule has 0 saturated carbocycles. The van der Waals surface area contributed by atoms with Crippen molar-refractivity contribution in [1.82, 2.24) is 9.62 Å². The quantitative estimate of drug-likeness (QED) is 0.852. The Morgan fingerprint density at radius 2 is 1.90 bits per heavy atom. The van der Waals surface area contributed by atoms with E-state index in [1.54, 1.807) is 13.1 Å². The third kappa shape index (κ3) is 3.91. The molecule has 0 atom stereocenters. The number of benzene rings is 1. The molecule has 1 heterocycles. The molecule has 0 amide bonds. The summed E-state index contributed by atoms with van der Waals surface area (Å²) in [5.41, 5.74) is 0.979. The summed E-state index contributed by atoms with van der Waals surface area (Å²) in [6, 6.07) is 11.3. The lowest BCUT2D eigenvalue weighted by Crippen LogP contribution is -2.27. The van der Waals surface area contributed by atoms with Crippen LogP contribution in [0.3, 0.4) is 0 Å². The highest BCUT2D eigenvalue weighted by molar-refractivity contribution is 7.89. The van der Waals surface area contributed by atoms with Gasteiger partial charge in [-0.2, -0.15) is 4.31 Å². The van der Waals surface area contributed by atoms with Crippen LogP contribution in [0, 0.1) is 0 Å². The smallest absolute Gasteiger partial charge is 0.244 e. The molecule has 114 valence electrons. The third-order valence-corrected chi connectivity index (χ3v) is 6.11. The van der Waals surface area contributed by atoms with Gasteiger partial charge in [-0.15, -0.1) is 11.3 Å². The summed E-state index contributed by atoms with van der Waals surface area (Å²) in [6.07, 6.45) is 0. The second kappa shape index (κ2) is 7.17. The van der Waals surface area contributed by atoms with Crippen molar-refractivity contribution in [2.75, 3.05) is 13.6 Å². The van der Waals surface area contributed by atoms with E-state index in [1.165, 1.54) is 15.6 Å². The van der Waals surface area contributed by atoms with Crippen LogP contribution in [0.4, 0.5) is 0 Å². The zero-order valence-electron chi connectivity index (χ0n) is 12.2. The maximum Gasteiger partial charge on any atom is 0.244 e. The van der Waals surface area contributed by atoms with Crippen LogP contribution in [0.15, 0.2) is 46.7 Å². The second-order valence-electron chi connectivity index (χ2n) is 4.74. The first kappa shape index (κ1) is 16.2. The second-order valence-corrected chi connectivity index (χ2v) is 7.75. The zero-order chi connectivity index (χ0) is 15.3. The first-order valence-corrected chi connectivity index (χ1v) is 9.15. The molecule has 0 aliphatic rings. The molecule has 1 N–H and O–H groups in total. The highest BCUT2D eigenvalue weighted by Gasteiger charge is 2.24. The summed E-state index contributed by atoms with van der Waals surface area (Å²) in [5.74, 6) is 0. The van der Waals surface area contributed by atoms with Crippen LogP contribution in [0.1, 0.15) is 17.4 Å². The van der Waals surface area contributed by atoms with Gasteiger partial charge in [0.1, 0.15) is 0 Å². The van der Waals surface area contributed by atoms with Crippen molar-refractivity contribution in [2.45, 2.75) is 24.9 Å². The fourth-order valence-corrected chi connectivity index (χ4v) is 4.56. The zero-order valence-corrected chi connectivity index (χ0v) is 13.9. The molecule has 1 aromatic heterocycles. The van der Waals surface area contributed by atoms with Gasteiger partial charge in [0.15, 0.2) is 0 Å². The first-order valence-electron chi connectivity index (χ1n) is 6.83. The summed E-state index contributed by atoms with van der Waals surface area (Å²) in [6.45, 7) is 3.78. The molecule has 0 spiro atoms. The molecule has 0 radical (unpaired) electrons. The minimum atomic E-state index is -3.45. The maximum absolute atomic E-state index is 12.7. The highest BCUT2D eigenvalue weighted by Crippen LogP contribution is 2.25. The van der Waals surface area contributed by atoms with Gasteiger partial charge in [-0.25, -0.2) is 8.42 Å². The Hall–Kier alpha value is -1.21. The van der Waals surface area contributed by atoms with Gasteiger partial charge in [-0.1, -0.05) is 37.3 Å². The molecule has 1 aromatic carbocycles. The third-order valence-electron chi connectivity index (χ3n) is 3.18. The van der Waals surface area contributed by atoms with Gasteiger partial charge in [-0.3, -0.25) is 0 Å². The van der Waals surface area contributed by atoms with Gasteiger partial charge < -0.3 is 5.32 Å². The SMILES string of the molecule is CCNCc1sccc1S(=O)(=O)N(C)Cc1ccccc1. The van der Waals surface area contributed by atoms with Gasteiger partial charge in [-0.05, 0) is 23.6 Å². The fraction of sp³-hybridized carbons (Fsp3) is 0.333. The highest BCUT2D eigenvalue weighted by atomic mass is 32.2. The number of nitrogens with zero attached hydrogens (tertiary/aromatic N) is 1. The van der Waals surface area contributed by atoms with E-state index in [9.17, 15) is 8.42 Å². The van der Waals surface area contributed by atoms with E-state index < -0.39 is 10.0 Å². The number of hydrogen-bond donors (Lipinski definition) is 1. The molecule has 2 rings (SSSR count). The average molecular weight is 324 g/mol. The molecule has 2 aromatic rings.